The molecular weight excluding hydrogens is 470 g/mol. The fourth-order valence-electron chi connectivity index (χ4n) is 5.15. The number of rotatable bonds is 5. The molecule has 35 heavy (non-hydrogen) atoms. The third kappa shape index (κ3) is 4.19. The van der Waals surface area contributed by atoms with Crippen LogP contribution in [-0.4, -0.2) is 87.3 Å². The summed E-state index contributed by atoms with van der Waals surface area (Å²) in [4.78, 5) is 9.93. The van der Waals surface area contributed by atoms with Gasteiger partial charge in [0.05, 0.1) is 42.5 Å². The summed E-state index contributed by atoms with van der Waals surface area (Å²) < 4.78 is 23.2. The van der Waals surface area contributed by atoms with Gasteiger partial charge >= 0.3 is 0 Å². The Morgan fingerprint density at radius 1 is 1.11 bits per heavy atom. The number of benzene rings is 2. The van der Waals surface area contributed by atoms with Gasteiger partial charge in [0.1, 0.15) is 18.3 Å². The second kappa shape index (κ2) is 9.44. The number of aromatic amines is 1. The first kappa shape index (κ1) is 22.8. The number of aliphatic hydroxyl groups is 1. The van der Waals surface area contributed by atoms with Gasteiger partial charge in [-0.05, 0) is 29.8 Å². The molecule has 3 fully saturated rings. The number of hydrogen-bond donors (Lipinski definition) is 2. The van der Waals surface area contributed by atoms with Crippen molar-refractivity contribution >= 4 is 34.4 Å². The summed E-state index contributed by atoms with van der Waals surface area (Å²) in [5.74, 6) is 0.584. The number of aromatic nitrogens is 1. The highest BCUT2D eigenvalue weighted by molar-refractivity contribution is 6.34. The number of aliphatic imine (C=N–C) groups is 1. The highest BCUT2D eigenvalue weighted by atomic mass is 35.5. The molecule has 0 radical (unpaired) electrons. The van der Waals surface area contributed by atoms with E-state index in [9.17, 15) is 5.11 Å². The fraction of sp³-hybridized carbons (Fsp3) is 0.423. The van der Waals surface area contributed by atoms with Gasteiger partial charge in [-0.2, -0.15) is 0 Å². The number of ether oxygens (including phenoxy) is 4. The Labute approximate surface area is 208 Å². The molecule has 4 heterocycles. The molecule has 0 bridgehead atoms. The van der Waals surface area contributed by atoms with Crippen LogP contribution in [0.1, 0.15) is 5.56 Å². The van der Waals surface area contributed by atoms with E-state index in [1.807, 2.05) is 6.07 Å². The van der Waals surface area contributed by atoms with Crippen molar-refractivity contribution in [2.24, 2.45) is 4.99 Å². The zero-order valence-electron chi connectivity index (χ0n) is 19.4. The molecule has 3 aromatic rings. The third-order valence-corrected chi connectivity index (χ3v) is 7.27. The first-order valence-electron chi connectivity index (χ1n) is 11.9. The Morgan fingerprint density at radius 3 is 2.66 bits per heavy atom. The lowest BCUT2D eigenvalue weighted by Crippen LogP contribution is -2.36. The van der Waals surface area contributed by atoms with Crippen LogP contribution in [0.4, 0.5) is 5.69 Å². The van der Waals surface area contributed by atoms with Crippen molar-refractivity contribution in [1.82, 2.24) is 4.98 Å². The Kier molecular flexibility index (Phi) is 6.16. The highest BCUT2D eigenvalue weighted by Gasteiger charge is 2.48. The van der Waals surface area contributed by atoms with Crippen LogP contribution in [0.3, 0.4) is 0 Å². The van der Waals surface area contributed by atoms with Crippen LogP contribution < -0.4 is 9.64 Å². The minimum atomic E-state index is -0.621. The number of fused-ring (bicyclic) bond motifs is 2. The molecule has 9 heteroatoms. The number of nitrogens with one attached hydrogen (secondary N) is 1. The first-order valence-corrected chi connectivity index (χ1v) is 12.3. The van der Waals surface area contributed by atoms with Gasteiger partial charge in [-0.15, -0.1) is 0 Å². The van der Waals surface area contributed by atoms with E-state index in [1.54, 1.807) is 13.3 Å². The normalized spacial score (nSPS) is 26.7. The number of aliphatic hydroxyl groups excluding tert-OH is 1. The summed E-state index contributed by atoms with van der Waals surface area (Å²) in [5.41, 5.74) is 4.86. The average molecular weight is 498 g/mol. The van der Waals surface area contributed by atoms with Gasteiger partial charge in [0, 0.05) is 43.0 Å². The summed E-state index contributed by atoms with van der Waals surface area (Å²) >= 11 is 6.74. The van der Waals surface area contributed by atoms with Crippen molar-refractivity contribution < 1.29 is 24.1 Å². The molecule has 6 rings (SSSR count). The summed E-state index contributed by atoms with van der Waals surface area (Å²) in [6.45, 7) is 3.92. The second-order valence-corrected chi connectivity index (χ2v) is 9.51. The lowest BCUT2D eigenvalue weighted by atomic mass is 10.0. The van der Waals surface area contributed by atoms with Crippen molar-refractivity contribution in [3.05, 3.63) is 47.0 Å². The minimum absolute atomic E-state index is 0.258. The highest BCUT2D eigenvalue weighted by Crippen LogP contribution is 2.38. The van der Waals surface area contributed by atoms with Gasteiger partial charge in [0.2, 0.25) is 5.88 Å². The Morgan fingerprint density at radius 2 is 1.89 bits per heavy atom. The molecule has 0 spiro atoms. The lowest BCUT2D eigenvalue weighted by Gasteiger charge is -2.29. The first-order chi connectivity index (χ1) is 17.1. The van der Waals surface area contributed by atoms with Gasteiger partial charge < -0.3 is 33.9 Å². The number of nitrogens with zero attached hydrogens (tertiary/aromatic N) is 2. The number of morpholine rings is 1. The molecule has 0 saturated carbocycles. The average Bonchev–Trinajstić information content (AvgIpc) is 3.55. The zero-order chi connectivity index (χ0) is 23.9. The molecule has 3 aliphatic heterocycles. The monoisotopic (exact) mass is 497 g/mol. The SMILES string of the molecule is C/N=C/c1c(O[C@@H]2CO[C@H]3[C@@H]2OC[C@@H]3O)[nH]c2cc(Cl)c(-c3ccc(N4CCOCC4)cc3)cc12. The Bertz CT molecular complexity index is 1240. The molecule has 4 atom stereocenters. The topological polar surface area (TPSA) is 88.5 Å². The Hall–Kier alpha value is -2.62. The summed E-state index contributed by atoms with van der Waals surface area (Å²) in [5, 5.41) is 11.7. The number of hydrogen-bond acceptors (Lipinski definition) is 7. The van der Waals surface area contributed by atoms with Gasteiger partial charge in [-0.1, -0.05) is 23.7 Å². The van der Waals surface area contributed by atoms with Crippen molar-refractivity contribution in [2.75, 3.05) is 51.5 Å². The van der Waals surface area contributed by atoms with E-state index in [0.717, 1.165) is 53.9 Å². The molecule has 3 aliphatic rings. The van der Waals surface area contributed by atoms with Crippen LogP contribution in [0.2, 0.25) is 5.02 Å². The predicted molar refractivity (Wildman–Crippen MR) is 135 cm³/mol. The molecule has 184 valence electrons. The van der Waals surface area contributed by atoms with E-state index < -0.39 is 6.10 Å². The second-order valence-electron chi connectivity index (χ2n) is 9.10. The summed E-state index contributed by atoms with van der Waals surface area (Å²) in [7, 11) is 1.73. The molecule has 0 amide bonds. The smallest absolute Gasteiger partial charge is 0.201 e. The largest absolute Gasteiger partial charge is 0.470 e. The molecule has 8 nitrogen and oxygen atoms in total. The van der Waals surface area contributed by atoms with E-state index in [2.05, 4.69) is 45.2 Å². The van der Waals surface area contributed by atoms with Gasteiger partial charge in [-0.3, -0.25) is 4.99 Å². The van der Waals surface area contributed by atoms with E-state index in [-0.39, 0.29) is 24.9 Å². The number of H-pyrrole nitrogens is 1. The fourth-order valence-corrected chi connectivity index (χ4v) is 5.43. The summed E-state index contributed by atoms with van der Waals surface area (Å²) in [6.07, 6.45) is 0.187. The third-order valence-electron chi connectivity index (χ3n) is 6.95. The van der Waals surface area contributed by atoms with Gasteiger partial charge in [-0.25, -0.2) is 0 Å². The maximum atomic E-state index is 10.0. The van der Waals surface area contributed by atoms with Crippen LogP contribution in [0.5, 0.6) is 5.88 Å². The minimum Gasteiger partial charge on any atom is -0.470 e. The van der Waals surface area contributed by atoms with Crippen LogP contribution >= 0.6 is 11.6 Å². The molecule has 0 aliphatic carbocycles. The van der Waals surface area contributed by atoms with Crippen molar-refractivity contribution in [3.63, 3.8) is 0 Å². The number of halogens is 1. The van der Waals surface area contributed by atoms with Crippen molar-refractivity contribution in [2.45, 2.75) is 24.4 Å². The molecule has 2 N–H and O–H groups in total. The van der Waals surface area contributed by atoms with E-state index >= 15 is 0 Å². The Balaban J connectivity index is 1.32. The van der Waals surface area contributed by atoms with Gasteiger partial charge in [0.15, 0.2) is 6.10 Å². The van der Waals surface area contributed by atoms with Gasteiger partial charge in [0.25, 0.3) is 0 Å². The zero-order valence-corrected chi connectivity index (χ0v) is 20.2. The van der Waals surface area contributed by atoms with Crippen molar-refractivity contribution in [3.8, 4) is 17.0 Å². The van der Waals surface area contributed by atoms with Crippen LogP contribution in [0.25, 0.3) is 22.0 Å². The predicted octanol–water partition coefficient (Wildman–Crippen LogP) is 3.28. The lowest BCUT2D eigenvalue weighted by molar-refractivity contribution is 0.00792. The van der Waals surface area contributed by atoms with E-state index in [1.165, 1.54) is 5.69 Å². The maximum absolute atomic E-state index is 10.0. The van der Waals surface area contributed by atoms with Crippen LogP contribution in [0, 0.1) is 0 Å². The van der Waals surface area contributed by atoms with E-state index in [0.29, 0.717) is 17.5 Å². The molecular formula is C26H28ClN3O5. The quantitative estimate of drug-likeness (QED) is 0.526. The van der Waals surface area contributed by atoms with Crippen LogP contribution in [-0.2, 0) is 14.2 Å². The van der Waals surface area contributed by atoms with Crippen molar-refractivity contribution in [1.29, 1.82) is 0 Å². The maximum Gasteiger partial charge on any atom is 0.201 e. The molecule has 3 saturated heterocycles. The standard InChI is InChI=1S/C26H28ClN3O5/c1-28-12-19-18-10-17(15-2-4-16(5-3-15)30-6-8-32-9-7-30)20(27)11-21(18)29-26(19)35-23-14-34-24-22(31)13-33-25(23)24/h2-5,10-12,22-25,29,31H,6-9,13-14H2,1H3/b28-12+/t22-,23+,24+,25+/m0/s1. The van der Waals surface area contributed by atoms with E-state index in [4.69, 9.17) is 30.5 Å². The summed E-state index contributed by atoms with van der Waals surface area (Å²) in [6, 6.07) is 12.5. The molecule has 2 aromatic carbocycles. The van der Waals surface area contributed by atoms with Crippen LogP contribution in [0.15, 0.2) is 41.4 Å². The number of anilines is 1. The molecule has 1 aromatic heterocycles. The molecule has 0 unspecified atom stereocenters.